The molecule has 0 saturated carbocycles. The first kappa shape index (κ1) is 23.9. The standard InChI is InChI=1S/C23H28N2O6S/c1-16(18-7-4-3-5-8-18)25-22(26)17(2)31-23(27)19-10-12-21(13-11-19)32(28,29)24-15-20-9-6-14-30-20/h3-5,7-8,10-13,16-17,20,24H,6,9,14-15H2,1-2H3,(H,25,26). The van der Waals surface area contributed by atoms with Gasteiger partial charge in [-0.15, -0.1) is 0 Å². The minimum absolute atomic E-state index is 0.0366. The van der Waals surface area contributed by atoms with Crippen LogP contribution in [0.4, 0.5) is 0 Å². The monoisotopic (exact) mass is 460 g/mol. The zero-order chi connectivity index (χ0) is 23.1. The van der Waals surface area contributed by atoms with Crippen LogP contribution in [-0.4, -0.2) is 45.7 Å². The number of carbonyl (C=O) groups is 2. The second-order valence-corrected chi connectivity index (χ2v) is 9.47. The predicted molar refractivity (Wildman–Crippen MR) is 118 cm³/mol. The molecule has 2 N–H and O–H groups in total. The molecule has 2 aromatic rings. The van der Waals surface area contributed by atoms with E-state index in [9.17, 15) is 18.0 Å². The van der Waals surface area contributed by atoms with E-state index in [1.165, 1.54) is 31.2 Å². The first-order chi connectivity index (χ1) is 15.3. The van der Waals surface area contributed by atoms with Crippen molar-refractivity contribution in [2.75, 3.05) is 13.2 Å². The summed E-state index contributed by atoms with van der Waals surface area (Å²) in [4.78, 5) is 24.8. The van der Waals surface area contributed by atoms with Gasteiger partial charge in [0.15, 0.2) is 6.10 Å². The lowest BCUT2D eigenvalue weighted by atomic mass is 10.1. The highest BCUT2D eigenvalue weighted by atomic mass is 32.2. The molecule has 0 aromatic heterocycles. The van der Waals surface area contributed by atoms with E-state index in [1.54, 1.807) is 0 Å². The van der Waals surface area contributed by atoms with Crippen molar-refractivity contribution in [3.63, 3.8) is 0 Å². The second kappa shape index (κ2) is 10.7. The van der Waals surface area contributed by atoms with Crippen LogP contribution in [0.25, 0.3) is 0 Å². The summed E-state index contributed by atoms with van der Waals surface area (Å²) >= 11 is 0. The molecular formula is C23H28N2O6S. The molecule has 0 radical (unpaired) electrons. The number of esters is 1. The lowest BCUT2D eigenvalue weighted by molar-refractivity contribution is -0.129. The summed E-state index contributed by atoms with van der Waals surface area (Å²) in [6.07, 6.45) is 0.620. The number of nitrogens with one attached hydrogen (secondary N) is 2. The van der Waals surface area contributed by atoms with Crippen molar-refractivity contribution in [1.29, 1.82) is 0 Å². The number of hydrogen-bond donors (Lipinski definition) is 2. The predicted octanol–water partition coefficient (Wildman–Crippen LogP) is 2.57. The largest absolute Gasteiger partial charge is 0.449 e. The van der Waals surface area contributed by atoms with E-state index in [1.807, 2.05) is 37.3 Å². The number of benzene rings is 2. The van der Waals surface area contributed by atoms with Crippen LogP contribution < -0.4 is 10.0 Å². The number of sulfonamides is 1. The van der Waals surface area contributed by atoms with Crippen LogP contribution in [0.15, 0.2) is 59.5 Å². The van der Waals surface area contributed by atoms with Crippen molar-refractivity contribution < 1.29 is 27.5 Å². The first-order valence-electron chi connectivity index (χ1n) is 10.5. The Morgan fingerprint density at radius 2 is 1.78 bits per heavy atom. The smallest absolute Gasteiger partial charge is 0.338 e. The quantitative estimate of drug-likeness (QED) is 0.557. The fourth-order valence-electron chi connectivity index (χ4n) is 3.30. The Bertz CT molecular complexity index is 1020. The van der Waals surface area contributed by atoms with E-state index in [2.05, 4.69) is 10.0 Å². The van der Waals surface area contributed by atoms with Crippen LogP contribution >= 0.6 is 0 Å². The van der Waals surface area contributed by atoms with Crippen LogP contribution in [0.3, 0.4) is 0 Å². The normalized spacial score (nSPS) is 18.0. The summed E-state index contributed by atoms with van der Waals surface area (Å²) in [7, 11) is -3.71. The zero-order valence-electron chi connectivity index (χ0n) is 18.1. The van der Waals surface area contributed by atoms with Crippen molar-refractivity contribution in [3.8, 4) is 0 Å². The van der Waals surface area contributed by atoms with Gasteiger partial charge in [0, 0.05) is 13.2 Å². The molecule has 32 heavy (non-hydrogen) atoms. The lowest BCUT2D eigenvalue weighted by Gasteiger charge is -2.18. The molecule has 3 atom stereocenters. The van der Waals surface area contributed by atoms with Gasteiger partial charge in [-0.05, 0) is 56.5 Å². The summed E-state index contributed by atoms with van der Waals surface area (Å²) in [5.74, 6) is -1.14. The maximum Gasteiger partial charge on any atom is 0.338 e. The van der Waals surface area contributed by atoms with Gasteiger partial charge in [0.05, 0.1) is 22.6 Å². The van der Waals surface area contributed by atoms with Gasteiger partial charge in [-0.3, -0.25) is 4.79 Å². The van der Waals surface area contributed by atoms with Gasteiger partial charge >= 0.3 is 5.97 Å². The maximum absolute atomic E-state index is 12.4. The molecule has 1 heterocycles. The van der Waals surface area contributed by atoms with E-state index < -0.39 is 28.0 Å². The van der Waals surface area contributed by atoms with Crippen LogP contribution in [0.5, 0.6) is 0 Å². The Morgan fingerprint density at radius 1 is 1.09 bits per heavy atom. The first-order valence-corrected chi connectivity index (χ1v) is 12.0. The van der Waals surface area contributed by atoms with Crippen molar-refractivity contribution in [3.05, 3.63) is 65.7 Å². The minimum Gasteiger partial charge on any atom is -0.449 e. The molecule has 172 valence electrons. The van der Waals surface area contributed by atoms with Gasteiger partial charge in [0.2, 0.25) is 10.0 Å². The molecule has 1 amide bonds. The lowest BCUT2D eigenvalue weighted by Crippen LogP contribution is -2.37. The van der Waals surface area contributed by atoms with Crippen LogP contribution in [0.1, 0.15) is 48.7 Å². The highest BCUT2D eigenvalue weighted by Crippen LogP contribution is 2.15. The molecule has 9 heteroatoms. The summed E-state index contributed by atoms with van der Waals surface area (Å²) in [5.41, 5.74) is 1.09. The summed E-state index contributed by atoms with van der Waals surface area (Å²) in [6.45, 7) is 4.18. The minimum atomic E-state index is -3.71. The maximum atomic E-state index is 12.4. The van der Waals surface area contributed by atoms with Crippen molar-refractivity contribution in [1.82, 2.24) is 10.0 Å². The third kappa shape index (κ3) is 6.38. The SMILES string of the molecule is CC(OC(=O)c1ccc(S(=O)(=O)NCC2CCCO2)cc1)C(=O)NC(C)c1ccccc1. The summed E-state index contributed by atoms with van der Waals surface area (Å²) in [6, 6.07) is 14.6. The average molecular weight is 461 g/mol. The van der Waals surface area contributed by atoms with Crippen LogP contribution in [0, 0.1) is 0 Å². The third-order valence-electron chi connectivity index (χ3n) is 5.24. The van der Waals surface area contributed by atoms with E-state index in [4.69, 9.17) is 9.47 Å². The van der Waals surface area contributed by atoms with Gasteiger partial charge in [0.25, 0.3) is 5.91 Å². The number of rotatable bonds is 9. The fourth-order valence-corrected chi connectivity index (χ4v) is 4.37. The molecule has 0 bridgehead atoms. The third-order valence-corrected chi connectivity index (χ3v) is 6.68. The molecule has 1 saturated heterocycles. The molecule has 0 spiro atoms. The number of hydrogen-bond acceptors (Lipinski definition) is 6. The summed E-state index contributed by atoms with van der Waals surface area (Å²) in [5, 5.41) is 2.80. The topological polar surface area (TPSA) is 111 Å². The molecule has 8 nitrogen and oxygen atoms in total. The van der Waals surface area contributed by atoms with E-state index in [-0.39, 0.29) is 29.1 Å². The number of carbonyl (C=O) groups excluding carboxylic acids is 2. The van der Waals surface area contributed by atoms with Crippen molar-refractivity contribution >= 4 is 21.9 Å². The van der Waals surface area contributed by atoms with Gasteiger partial charge in [-0.2, -0.15) is 0 Å². The Kier molecular flexibility index (Phi) is 8.00. The number of ether oxygens (including phenoxy) is 2. The molecule has 0 aliphatic carbocycles. The molecule has 3 rings (SSSR count). The van der Waals surface area contributed by atoms with Crippen molar-refractivity contribution in [2.45, 2.75) is 49.8 Å². The highest BCUT2D eigenvalue weighted by Gasteiger charge is 2.23. The highest BCUT2D eigenvalue weighted by molar-refractivity contribution is 7.89. The number of amides is 1. The average Bonchev–Trinajstić information content (AvgIpc) is 3.32. The van der Waals surface area contributed by atoms with Gasteiger partial charge in [-0.25, -0.2) is 17.9 Å². The summed E-state index contributed by atoms with van der Waals surface area (Å²) < 4.78 is 38.0. The zero-order valence-corrected chi connectivity index (χ0v) is 18.9. The van der Waals surface area contributed by atoms with Crippen LogP contribution in [-0.2, 0) is 24.3 Å². The van der Waals surface area contributed by atoms with Crippen LogP contribution in [0.2, 0.25) is 0 Å². The molecule has 3 unspecified atom stereocenters. The molecule has 1 aliphatic rings. The Hall–Kier alpha value is -2.75. The Morgan fingerprint density at radius 3 is 2.41 bits per heavy atom. The Balaban J connectivity index is 1.53. The fraction of sp³-hybridized carbons (Fsp3) is 0.391. The molecule has 2 aromatic carbocycles. The van der Waals surface area contributed by atoms with Gasteiger partial charge in [0.1, 0.15) is 0 Å². The molecule has 1 aliphatic heterocycles. The van der Waals surface area contributed by atoms with E-state index in [0.29, 0.717) is 6.61 Å². The second-order valence-electron chi connectivity index (χ2n) is 7.70. The van der Waals surface area contributed by atoms with E-state index in [0.717, 1.165) is 18.4 Å². The van der Waals surface area contributed by atoms with Gasteiger partial charge in [-0.1, -0.05) is 30.3 Å². The Labute approximate surface area is 188 Å². The molecular weight excluding hydrogens is 432 g/mol. The van der Waals surface area contributed by atoms with Crippen molar-refractivity contribution in [2.24, 2.45) is 0 Å². The van der Waals surface area contributed by atoms with Gasteiger partial charge < -0.3 is 14.8 Å². The molecule has 1 fully saturated rings. The van der Waals surface area contributed by atoms with E-state index >= 15 is 0 Å².